The molecule has 3 rings (SSSR count). The minimum atomic E-state index is -0.870. The third kappa shape index (κ3) is 6.44. The molecule has 9 nitrogen and oxygen atoms in total. The number of hydrogen-bond acceptors (Lipinski definition) is 4. The fourth-order valence-corrected chi connectivity index (χ4v) is 4.06. The topological polar surface area (TPSA) is 121 Å². The molecular weight excluding hydrogens is 424 g/mol. The van der Waals surface area contributed by atoms with Crippen LogP contribution in [0.3, 0.4) is 0 Å². The molecule has 9 heteroatoms. The van der Waals surface area contributed by atoms with Gasteiger partial charge >= 0.3 is 6.09 Å². The fraction of sp³-hybridized carbons (Fsp3) is 0.417. The Balaban J connectivity index is 1.62. The summed E-state index contributed by atoms with van der Waals surface area (Å²) in [5, 5.41) is 14.4. The Kier molecular flexibility index (Phi) is 8.23. The average molecular weight is 455 g/mol. The Morgan fingerprint density at radius 2 is 1.79 bits per heavy atom. The summed E-state index contributed by atoms with van der Waals surface area (Å²) in [6.07, 6.45) is 3.96. The summed E-state index contributed by atoms with van der Waals surface area (Å²) in [6, 6.07) is 10.7. The highest BCUT2D eigenvalue weighted by atomic mass is 16.4. The van der Waals surface area contributed by atoms with Gasteiger partial charge in [-0.1, -0.05) is 30.3 Å². The van der Waals surface area contributed by atoms with Gasteiger partial charge < -0.3 is 25.2 Å². The number of hydrogen-bond donors (Lipinski definition) is 3. The fourth-order valence-electron chi connectivity index (χ4n) is 4.06. The number of nitrogens with one attached hydrogen (secondary N) is 2. The van der Waals surface area contributed by atoms with Gasteiger partial charge in [-0.2, -0.15) is 0 Å². The summed E-state index contributed by atoms with van der Waals surface area (Å²) in [7, 11) is 1.44. The SMILES string of the molecule is CNC(=O)c1cc(C(=O)NCCCC2CCN(C(=O)O)CC2)cn(Cc2ccccc2)c1=O. The first-order valence-corrected chi connectivity index (χ1v) is 11.2. The number of amides is 3. The van der Waals surface area contributed by atoms with E-state index < -0.39 is 17.6 Å². The van der Waals surface area contributed by atoms with Crippen LogP contribution in [0.2, 0.25) is 0 Å². The lowest BCUT2D eigenvalue weighted by atomic mass is 9.92. The molecule has 0 atom stereocenters. The summed E-state index contributed by atoms with van der Waals surface area (Å²) >= 11 is 0. The van der Waals surface area contributed by atoms with Crippen LogP contribution in [0.5, 0.6) is 0 Å². The van der Waals surface area contributed by atoms with Crippen molar-refractivity contribution >= 4 is 17.9 Å². The molecular formula is C24H30N4O5. The third-order valence-electron chi connectivity index (χ3n) is 5.98. The van der Waals surface area contributed by atoms with Gasteiger partial charge in [-0.15, -0.1) is 0 Å². The van der Waals surface area contributed by atoms with Crippen LogP contribution in [-0.4, -0.2) is 59.2 Å². The number of carbonyl (C=O) groups excluding carboxylic acids is 2. The Morgan fingerprint density at radius 3 is 2.42 bits per heavy atom. The number of likely N-dealkylation sites (tertiary alicyclic amines) is 1. The molecule has 1 fully saturated rings. The Morgan fingerprint density at radius 1 is 1.09 bits per heavy atom. The maximum absolute atomic E-state index is 12.8. The van der Waals surface area contributed by atoms with Gasteiger partial charge in [0.1, 0.15) is 5.56 Å². The molecule has 1 aromatic heterocycles. The van der Waals surface area contributed by atoms with Crippen LogP contribution in [0.1, 0.15) is 52.0 Å². The number of rotatable bonds is 8. The average Bonchev–Trinajstić information content (AvgIpc) is 2.83. The predicted octanol–water partition coefficient (Wildman–Crippen LogP) is 2.16. The quantitative estimate of drug-likeness (QED) is 0.528. The zero-order valence-corrected chi connectivity index (χ0v) is 18.8. The summed E-state index contributed by atoms with van der Waals surface area (Å²) in [5.74, 6) is -0.433. The molecule has 1 aliphatic heterocycles. The van der Waals surface area contributed by atoms with E-state index in [4.69, 9.17) is 5.11 Å². The molecule has 0 unspecified atom stereocenters. The molecule has 0 spiro atoms. The lowest BCUT2D eigenvalue weighted by Crippen LogP contribution is -2.37. The number of pyridine rings is 1. The molecule has 0 saturated carbocycles. The van der Waals surface area contributed by atoms with Crippen molar-refractivity contribution in [1.29, 1.82) is 0 Å². The molecule has 2 aromatic rings. The van der Waals surface area contributed by atoms with Crippen LogP contribution in [-0.2, 0) is 6.54 Å². The molecule has 2 heterocycles. The first-order valence-electron chi connectivity index (χ1n) is 11.2. The minimum absolute atomic E-state index is 0.0775. The maximum Gasteiger partial charge on any atom is 0.407 e. The minimum Gasteiger partial charge on any atom is -0.465 e. The van der Waals surface area contributed by atoms with Gasteiger partial charge in [0.15, 0.2) is 0 Å². The second kappa shape index (κ2) is 11.3. The number of nitrogens with zero attached hydrogens (tertiary/aromatic N) is 2. The zero-order chi connectivity index (χ0) is 23.8. The molecule has 176 valence electrons. The van der Waals surface area contributed by atoms with Gasteiger partial charge in [-0.25, -0.2) is 4.79 Å². The third-order valence-corrected chi connectivity index (χ3v) is 5.98. The molecule has 0 aliphatic carbocycles. The Labute approximate surface area is 192 Å². The second-order valence-corrected chi connectivity index (χ2v) is 8.25. The molecule has 1 aromatic carbocycles. The highest BCUT2D eigenvalue weighted by molar-refractivity contribution is 5.99. The van der Waals surface area contributed by atoms with Gasteiger partial charge in [0.2, 0.25) is 0 Å². The summed E-state index contributed by atoms with van der Waals surface area (Å²) < 4.78 is 1.38. The lowest BCUT2D eigenvalue weighted by molar-refractivity contribution is 0.0948. The number of piperidine rings is 1. The van der Waals surface area contributed by atoms with E-state index in [1.54, 1.807) is 0 Å². The van der Waals surface area contributed by atoms with E-state index in [1.807, 2.05) is 30.3 Å². The van der Waals surface area contributed by atoms with Gasteiger partial charge in [0, 0.05) is 32.9 Å². The van der Waals surface area contributed by atoms with Gasteiger partial charge in [0.05, 0.1) is 12.1 Å². The van der Waals surface area contributed by atoms with E-state index in [1.165, 1.54) is 28.8 Å². The van der Waals surface area contributed by atoms with Crippen LogP contribution < -0.4 is 16.2 Å². The molecule has 33 heavy (non-hydrogen) atoms. The number of aromatic nitrogens is 1. The van der Waals surface area contributed by atoms with Crippen molar-refractivity contribution in [2.45, 2.75) is 32.2 Å². The van der Waals surface area contributed by atoms with E-state index in [9.17, 15) is 19.2 Å². The van der Waals surface area contributed by atoms with Crippen LogP contribution in [0.15, 0.2) is 47.4 Å². The number of carbonyl (C=O) groups is 3. The molecule has 1 aliphatic rings. The van der Waals surface area contributed by atoms with Crippen molar-refractivity contribution in [3.05, 3.63) is 69.6 Å². The standard InChI is InChI=1S/C24H30N4O5/c1-25-22(30)20-14-19(16-28(23(20)31)15-18-6-3-2-4-7-18)21(29)26-11-5-8-17-9-12-27(13-10-17)24(32)33/h2-4,6-7,14,16-17H,5,8-13,15H2,1H3,(H,25,30)(H,26,29)(H,32,33). The molecule has 0 radical (unpaired) electrons. The van der Waals surface area contributed by atoms with Crippen molar-refractivity contribution in [3.8, 4) is 0 Å². The van der Waals surface area contributed by atoms with Gasteiger partial charge in [0.25, 0.3) is 17.4 Å². The summed E-state index contributed by atoms with van der Waals surface area (Å²) in [4.78, 5) is 50.2. The van der Waals surface area contributed by atoms with Crippen LogP contribution in [0.25, 0.3) is 0 Å². The van der Waals surface area contributed by atoms with E-state index in [-0.39, 0.29) is 23.6 Å². The Hall–Kier alpha value is -3.62. The first-order chi connectivity index (χ1) is 15.9. The van der Waals surface area contributed by atoms with E-state index in [2.05, 4.69) is 10.6 Å². The molecule has 3 N–H and O–H groups in total. The number of benzene rings is 1. The van der Waals surface area contributed by atoms with E-state index in [0.717, 1.165) is 31.2 Å². The molecule has 1 saturated heterocycles. The monoisotopic (exact) mass is 454 g/mol. The van der Waals surface area contributed by atoms with Crippen LogP contribution in [0.4, 0.5) is 4.79 Å². The Bertz CT molecular complexity index is 1040. The van der Waals surface area contributed by atoms with Crippen molar-refractivity contribution in [3.63, 3.8) is 0 Å². The van der Waals surface area contributed by atoms with Crippen LogP contribution in [0, 0.1) is 5.92 Å². The van der Waals surface area contributed by atoms with Crippen molar-refractivity contribution in [1.82, 2.24) is 20.1 Å². The highest BCUT2D eigenvalue weighted by Crippen LogP contribution is 2.21. The maximum atomic E-state index is 12.8. The summed E-state index contributed by atoms with van der Waals surface area (Å²) in [5.41, 5.74) is 0.599. The molecule has 0 bridgehead atoms. The van der Waals surface area contributed by atoms with Gasteiger partial charge in [-0.3, -0.25) is 14.4 Å². The van der Waals surface area contributed by atoms with Crippen LogP contribution >= 0.6 is 0 Å². The normalized spacial score (nSPS) is 14.0. The predicted molar refractivity (Wildman–Crippen MR) is 124 cm³/mol. The van der Waals surface area contributed by atoms with Crippen molar-refractivity contribution in [2.24, 2.45) is 5.92 Å². The zero-order valence-electron chi connectivity index (χ0n) is 18.8. The van der Waals surface area contributed by atoms with Crippen molar-refractivity contribution in [2.75, 3.05) is 26.7 Å². The summed E-state index contributed by atoms with van der Waals surface area (Å²) in [6.45, 7) is 1.82. The second-order valence-electron chi connectivity index (χ2n) is 8.25. The first kappa shape index (κ1) is 24.0. The van der Waals surface area contributed by atoms with E-state index in [0.29, 0.717) is 25.6 Å². The smallest absolute Gasteiger partial charge is 0.407 e. The van der Waals surface area contributed by atoms with Gasteiger partial charge in [-0.05, 0) is 43.2 Å². The largest absolute Gasteiger partial charge is 0.465 e. The highest BCUT2D eigenvalue weighted by Gasteiger charge is 2.22. The lowest BCUT2D eigenvalue weighted by Gasteiger charge is -2.29. The van der Waals surface area contributed by atoms with Crippen molar-refractivity contribution < 1.29 is 19.5 Å². The number of carboxylic acid groups (broad SMARTS) is 1. The molecule has 3 amide bonds. The van der Waals surface area contributed by atoms with E-state index >= 15 is 0 Å².